The molecule has 1 fully saturated rings. The number of imide groups is 1. The van der Waals surface area contributed by atoms with E-state index in [0.29, 0.717) is 11.3 Å². The van der Waals surface area contributed by atoms with Gasteiger partial charge in [-0.2, -0.15) is 5.26 Å². The number of anilines is 1. The van der Waals surface area contributed by atoms with Crippen molar-refractivity contribution in [2.75, 3.05) is 4.90 Å². The lowest BCUT2D eigenvalue weighted by Gasteiger charge is -2.54. The van der Waals surface area contributed by atoms with Crippen LogP contribution in [0.4, 0.5) is 5.69 Å². The number of amides is 2. The highest BCUT2D eigenvalue weighted by Gasteiger charge is 2.67. The van der Waals surface area contributed by atoms with E-state index in [2.05, 4.69) is 37.3 Å². The van der Waals surface area contributed by atoms with Gasteiger partial charge in [0, 0.05) is 11.3 Å². The minimum absolute atomic E-state index is 0.120. The maximum atomic E-state index is 13.9. The number of nitrogens with zero attached hydrogens (tertiary/aromatic N) is 2. The number of benzene rings is 3. The molecule has 150 valence electrons. The maximum absolute atomic E-state index is 13.9. The van der Waals surface area contributed by atoms with Gasteiger partial charge in [-0.15, -0.1) is 0 Å². The molecule has 1 aliphatic heterocycles. The predicted octanol–water partition coefficient (Wildman–Crippen LogP) is 4.52. The first-order chi connectivity index (χ1) is 15.1. The summed E-state index contributed by atoms with van der Waals surface area (Å²) in [5.74, 6) is -1.21. The fraction of sp³-hybridized carbons (Fsp3) is 0.222. The standard InChI is InChI=1S/C27H20N2O2/c1-2-27-20-9-5-3-7-18(20)22(19-8-4-6-10-21(19)27)23-24(27)26(31)29(25(23)30)17-13-11-16(15-28)12-14-17/h3-14,22-24H,2H2,1H3/t22?,23-,24+,27?/m1/s1. The fourth-order valence-corrected chi connectivity index (χ4v) is 6.47. The molecule has 2 amide bonds. The Kier molecular flexibility index (Phi) is 3.59. The lowest BCUT2D eigenvalue weighted by atomic mass is 9.46. The van der Waals surface area contributed by atoms with Gasteiger partial charge in [0.1, 0.15) is 0 Å². The normalized spacial score (nSPS) is 27.5. The molecule has 7 rings (SSSR count). The van der Waals surface area contributed by atoms with Crippen LogP contribution < -0.4 is 4.90 Å². The molecule has 0 radical (unpaired) electrons. The Morgan fingerprint density at radius 1 is 0.871 bits per heavy atom. The molecule has 0 spiro atoms. The highest BCUT2D eigenvalue weighted by molar-refractivity contribution is 6.23. The molecule has 3 aromatic carbocycles. The van der Waals surface area contributed by atoms with Gasteiger partial charge >= 0.3 is 0 Å². The lowest BCUT2D eigenvalue weighted by molar-refractivity contribution is -0.123. The minimum Gasteiger partial charge on any atom is -0.274 e. The molecule has 31 heavy (non-hydrogen) atoms. The average molecular weight is 404 g/mol. The van der Waals surface area contributed by atoms with Crippen molar-refractivity contribution in [3.8, 4) is 6.07 Å². The first-order valence-corrected chi connectivity index (χ1v) is 10.7. The number of carbonyl (C=O) groups is 2. The number of hydrogen-bond acceptors (Lipinski definition) is 3. The molecule has 3 aromatic rings. The van der Waals surface area contributed by atoms with Crippen molar-refractivity contribution >= 4 is 17.5 Å². The van der Waals surface area contributed by atoms with Gasteiger partial charge in [0.25, 0.3) is 0 Å². The number of carbonyl (C=O) groups excluding carboxylic acids is 2. The molecule has 3 aliphatic carbocycles. The van der Waals surface area contributed by atoms with Gasteiger partial charge in [0.2, 0.25) is 11.8 Å². The summed E-state index contributed by atoms with van der Waals surface area (Å²) < 4.78 is 0. The third-order valence-electron chi connectivity index (χ3n) is 7.61. The fourth-order valence-electron chi connectivity index (χ4n) is 6.47. The molecule has 0 saturated carbocycles. The van der Waals surface area contributed by atoms with Crippen LogP contribution in [0, 0.1) is 23.2 Å². The van der Waals surface area contributed by atoms with Crippen LogP contribution in [-0.4, -0.2) is 11.8 Å². The molecule has 0 unspecified atom stereocenters. The van der Waals surface area contributed by atoms with Crippen LogP contribution in [0.1, 0.15) is 47.1 Å². The molecule has 1 saturated heterocycles. The lowest BCUT2D eigenvalue weighted by Crippen LogP contribution is -2.53. The highest BCUT2D eigenvalue weighted by atomic mass is 16.2. The molecule has 2 atom stereocenters. The van der Waals surface area contributed by atoms with E-state index in [-0.39, 0.29) is 17.7 Å². The van der Waals surface area contributed by atoms with Crippen LogP contribution >= 0.6 is 0 Å². The van der Waals surface area contributed by atoms with Crippen LogP contribution in [0.25, 0.3) is 0 Å². The number of hydrogen-bond donors (Lipinski definition) is 0. The molecule has 4 heteroatoms. The average Bonchev–Trinajstić information content (AvgIpc) is 3.10. The Labute approximate surface area is 180 Å². The van der Waals surface area contributed by atoms with Crippen molar-refractivity contribution in [2.45, 2.75) is 24.7 Å². The van der Waals surface area contributed by atoms with Gasteiger partial charge in [-0.1, -0.05) is 55.5 Å². The second kappa shape index (κ2) is 6.15. The smallest absolute Gasteiger partial charge is 0.238 e. The summed E-state index contributed by atoms with van der Waals surface area (Å²) in [7, 11) is 0. The van der Waals surface area contributed by atoms with Crippen LogP contribution in [0.2, 0.25) is 0 Å². The maximum Gasteiger partial charge on any atom is 0.238 e. The first-order valence-electron chi connectivity index (χ1n) is 10.7. The van der Waals surface area contributed by atoms with Gasteiger partial charge in [-0.25, -0.2) is 4.90 Å². The van der Waals surface area contributed by atoms with E-state index >= 15 is 0 Å². The summed E-state index contributed by atoms with van der Waals surface area (Å²) in [5, 5.41) is 9.11. The monoisotopic (exact) mass is 404 g/mol. The second-order valence-electron chi connectivity index (χ2n) is 8.65. The molecular formula is C27H20N2O2. The van der Waals surface area contributed by atoms with Crippen molar-refractivity contribution in [3.63, 3.8) is 0 Å². The summed E-state index contributed by atoms with van der Waals surface area (Å²) in [4.78, 5) is 29.1. The van der Waals surface area contributed by atoms with Crippen LogP contribution in [0.5, 0.6) is 0 Å². The summed E-state index contributed by atoms with van der Waals surface area (Å²) >= 11 is 0. The SMILES string of the molecule is CCC12c3ccccc3C(c3ccccc31)[C@H]1C(=O)N(c3ccc(C#N)cc3)C(=O)[C@H]12. The summed E-state index contributed by atoms with van der Waals surface area (Å²) in [6.07, 6.45) is 0.745. The van der Waals surface area contributed by atoms with Gasteiger partial charge in [-0.3, -0.25) is 9.59 Å². The van der Waals surface area contributed by atoms with Crippen LogP contribution in [0.15, 0.2) is 72.8 Å². The first kappa shape index (κ1) is 18.1. The molecule has 0 aromatic heterocycles. The van der Waals surface area contributed by atoms with Gasteiger partial charge in [0.05, 0.1) is 29.2 Å². The topological polar surface area (TPSA) is 61.2 Å². The second-order valence-corrected chi connectivity index (χ2v) is 8.65. The van der Waals surface area contributed by atoms with Crippen molar-refractivity contribution in [2.24, 2.45) is 11.8 Å². The molecule has 2 bridgehead atoms. The van der Waals surface area contributed by atoms with E-state index < -0.39 is 17.3 Å². The Morgan fingerprint density at radius 2 is 1.45 bits per heavy atom. The van der Waals surface area contributed by atoms with E-state index in [9.17, 15) is 9.59 Å². The van der Waals surface area contributed by atoms with E-state index in [1.54, 1.807) is 24.3 Å². The largest absolute Gasteiger partial charge is 0.274 e. The van der Waals surface area contributed by atoms with Crippen molar-refractivity contribution in [1.82, 2.24) is 0 Å². The van der Waals surface area contributed by atoms with E-state index in [1.807, 2.05) is 24.3 Å². The Morgan fingerprint density at radius 3 is 2.00 bits per heavy atom. The summed E-state index contributed by atoms with van der Waals surface area (Å²) in [6.45, 7) is 2.12. The third kappa shape index (κ3) is 2.04. The zero-order valence-electron chi connectivity index (χ0n) is 17.1. The summed E-state index contributed by atoms with van der Waals surface area (Å²) in [5.41, 5.74) is 5.25. The van der Waals surface area contributed by atoms with Gasteiger partial charge in [0.15, 0.2) is 0 Å². The third-order valence-corrected chi connectivity index (χ3v) is 7.61. The van der Waals surface area contributed by atoms with Crippen molar-refractivity contribution in [3.05, 3.63) is 101 Å². The number of nitriles is 1. The van der Waals surface area contributed by atoms with E-state index in [4.69, 9.17) is 5.26 Å². The highest BCUT2D eigenvalue weighted by Crippen LogP contribution is 2.65. The zero-order valence-corrected chi connectivity index (χ0v) is 17.1. The number of rotatable bonds is 2. The van der Waals surface area contributed by atoms with Crippen molar-refractivity contribution in [1.29, 1.82) is 5.26 Å². The van der Waals surface area contributed by atoms with Gasteiger partial charge < -0.3 is 0 Å². The Hall–Kier alpha value is -3.71. The van der Waals surface area contributed by atoms with Crippen LogP contribution in [-0.2, 0) is 15.0 Å². The predicted molar refractivity (Wildman–Crippen MR) is 116 cm³/mol. The Bertz CT molecular complexity index is 1250. The molecular weight excluding hydrogens is 384 g/mol. The molecule has 0 N–H and O–H groups in total. The quantitative estimate of drug-likeness (QED) is 0.590. The van der Waals surface area contributed by atoms with Crippen LogP contribution in [0.3, 0.4) is 0 Å². The van der Waals surface area contributed by atoms with E-state index in [0.717, 1.165) is 6.42 Å². The minimum atomic E-state index is -0.513. The summed E-state index contributed by atoms with van der Waals surface area (Å²) in [6, 6.07) is 25.5. The Balaban J connectivity index is 1.61. The van der Waals surface area contributed by atoms with Crippen molar-refractivity contribution < 1.29 is 9.59 Å². The molecule has 1 heterocycles. The zero-order chi connectivity index (χ0) is 21.3. The molecule has 4 nitrogen and oxygen atoms in total. The van der Waals surface area contributed by atoms with E-state index in [1.165, 1.54) is 27.2 Å². The van der Waals surface area contributed by atoms with Gasteiger partial charge in [-0.05, 0) is 52.9 Å². The molecule has 4 aliphatic rings.